The van der Waals surface area contributed by atoms with Crippen LogP contribution in [0.5, 0.6) is 0 Å². The van der Waals surface area contributed by atoms with Gasteiger partial charge in [0.25, 0.3) is 0 Å². The van der Waals surface area contributed by atoms with Gasteiger partial charge in [-0.1, -0.05) is 0 Å². The number of methoxy groups -OCH3 is 1. The monoisotopic (exact) mass is 452 g/mol. The van der Waals surface area contributed by atoms with E-state index in [4.69, 9.17) is 14.2 Å². The van der Waals surface area contributed by atoms with Gasteiger partial charge in [-0.3, -0.25) is 0 Å². The third kappa shape index (κ3) is 3.78. The Morgan fingerprint density at radius 1 is 1.36 bits per heavy atom. The van der Waals surface area contributed by atoms with E-state index in [1.54, 1.807) is 6.08 Å². The number of ether oxygens (including phenoxy) is 3. The number of benzene rings is 1. The first-order valence-corrected chi connectivity index (χ1v) is 11.6. The Kier molecular flexibility index (Phi) is 6.04. The summed E-state index contributed by atoms with van der Waals surface area (Å²) in [7, 11) is 1.39. The van der Waals surface area contributed by atoms with Gasteiger partial charge < -0.3 is 0 Å². The number of cyclic esters (lactones) is 1. The van der Waals surface area contributed by atoms with Gasteiger partial charge in [0, 0.05) is 0 Å². The fraction of sp³-hybridized carbons (Fsp3) is 0.545. The molecule has 152 valence electrons. The van der Waals surface area contributed by atoms with Gasteiger partial charge in [-0.2, -0.15) is 0 Å². The summed E-state index contributed by atoms with van der Waals surface area (Å²) in [5.74, 6) is -1.46. The average molecular weight is 451 g/mol. The average Bonchev–Trinajstić information content (AvgIpc) is 3.17. The Bertz CT molecular complexity index is 741. The molecule has 1 heterocycles. The zero-order valence-corrected chi connectivity index (χ0v) is 18.6. The van der Waals surface area contributed by atoms with Crippen LogP contribution in [0.3, 0.4) is 0 Å². The number of hydrogen-bond donors (Lipinski definition) is 0. The van der Waals surface area contributed by atoms with Crippen molar-refractivity contribution in [1.29, 1.82) is 0 Å². The van der Waals surface area contributed by atoms with Gasteiger partial charge in [0.1, 0.15) is 0 Å². The van der Waals surface area contributed by atoms with Crippen LogP contribution >= 0.6 is 0 Å². The number of carbonyl (C=O) groups is 2. The summed E-state index contributed by atoms with van der Waals surface area (Å²) >= 11 is 0.164. The molecule has 0 amide bonds. The molecule has 0 N–H and O–H groups in total. The molecule has 1 aliphatic carbocycles. The van der Waals surface area contributed by atoms with Crippen molar-refractivity contribution < 1.29 is 23.8 Å². The molecule has 28 heavy (non-hydrogen) atoms. The van der Waals surface area contributed by atoms with Gasteiger partial charge in [0.05, 0.1) is 0 Å². The van der Waals surface area contributed by atoms with Gasteiger partial charge in [0.15, 0.2) is 0 Å². The van der Waals surface area contributed by atoms with Gasteiger partial charge in [0.2, 0.25) is 0 Å². The fourth-order valence-corrected chi connectivity index (χ4v) is 6.54. The van der Waals surface area contributed by atoms with E-state index in [0.717, 1.165) is 5.32 Å². The molecular formula is C22H28O5Se. The Morgan fingerprint density at radius 3 is 2.57 bits per heavy atom. The second kappa shape index (κ2) is 8.02. The van der Waals surface area contributed by atoms with Crippen LogP contribution in [0, 0.1) is 23.2 Å². The quantitative estimate of drug-likeness (QED) is 0.392. The van der Waals surface area contributed by atoms with E-state index in [1.807, 2.05) is 39.0 Å². The molecule has 1 aromatic carbocycles. The summed E-state index contributed by atoms with van der Waals surface area (Å²) in [5.41, 5.74) is -1.51. The Labute approximate surface area is 173 Å². The van der Waals surface area contributed by atoms with Crippen LogP contribution in [0.1, 0.15) is 27.2 Å². The molecule has 2 fully saturated rings. The normalized spacial score (nSPS) is 32.4. The third-order valence-electron chi connectivity index (χ3n) is 5.57. The number of esters is 2. The summed E-state index contributed by atoms with van der Waals surface area (Å²) in [5, 5.41) is 0.798. The molecular weight excluding hydrogens is 423 g/mol. The van der Waals surface area contributed by atoms with Gasteiger partial charge in [-0.15, -0.1) is 0 Å². The van der Waals surface area contributed by atoms with Crippen LogP contribution in [0.15, 0.2) is 43.0 Å². The molecule has 1 aromatic rings. The molecule has 2 aliphatic rings. The second-order valence-corrected chi connectivity index (χ2v) is 10.8. The molecule has 0 radical (unpaired) electrons. The molecule has 0 aromatic heterocycles. The molecule has 6 heteroatoms. The first-order chi connectivity index (χ1) is 13.2. The Morgan fingerprint density at radius 2 is 2.04 bits per heavy atom. The number of rotatable bonds is 5. The van der Waals surface area contributed by atoms with Crippen molar-refractivity contribution in [3.63, 3.8) is 0 Å². The SMILES string of the molecule is C=C[C@H]1[C@H](C[Se]c2ccccc2)[C@H](C(=O)OC)C[C@@]12O[C@@H](C(C)(C)C)OC2=O. The van der Waals surface area contributed by atoms with Crippen molar-refractivity contribution in [3.05, 3.63) is 43.0 Å². The molecule has 5 atom stereocenters. The minimum atomic E-state index is -1.16. The summed E-state index contributed by atoms with van der Waals surface area (Å²) < 4.78 is 18.2. The Hall–Kier alpha value is -1.62. The summed E-state index contributed by atoms with van der Waals surface area (Å²) in [6, 6.07) is 10.2. The molecule has 1 aliphatic heterocycles. The fourth-order valence-electron chi connectivity index (χ4n) is 4.07. The van der Waals surface area contributed by atoms with E-state index in [2.05, 4.69) is 18.7 Å². The predicted octanol–water partition coefficient (Wildman–Crippen LogP) is 2.73. The zero-order chi connectivity index (χ0) is 20.5. The van der Waals surface area contributed by atoms with Crippen LogP contribution < -0.4 is 4.46 Å². The summed E-state index contributed by atoms with van der Waals surface area (Å²) in [6.07, 6.45) is 1.40. The maximum absolute atomic E-state index is 13.0. The Balaban J connectivity index is 1.90. The van der Waals surface area contributed by atoms with Crippen molar-refractivity contribution in [2.24, 2.45) is 23.2 Å². The van der Waals surface area contributed by atoms with Crippen molar-refractivity contribution in [1.82, 2.24) is 0 Å². The molecule has 1 saturated carbocycles. The maximum atomic E-state index is 13.0. The van der Waals surface area contributed by atoms with Crippen molar-refractivity contribution >= 4 is 31.4 Å². The van der Waals surface area contributed by atoms with E-state index in [-0.39, 0.29) is 50.6 Å². The van der Waals surface area contributed by atoms with Crippen molar-refractivity contribution in [2.45, 2.75) is 44.4 Å². The molecule has 0 unspecified atom stereocenters. The standard InChI is InChI=1S/C22H28O5Se/c1-6-17-16(13-28-14-10-8-7-9-11-14)15(18(23)25-5)12-22(17)19(24)26-20(27-22)21(2,3)4/h6-11,15-17,20H,1,12-13H2,2-5H3/t15-,16-,17+,20+,22-/m1/s1. The van der Waals surface area contributed by atoms with Crippen molar-refractivity contribution in [2.75, 3.05) is 7.11 Å². The topological polar surface area (TPSA) is 61.8 Å². The van der Waals surface area contributed by atoms with Gasteiger partial charge in [-0.05, 0) is 0 Å². The number of hydrogen-bond acceptors (Lipinski definition) is 5. The van der Waals surface area contributed by atoms with Crippen LogP contribution in [-0.2, 0) is 23.8 Å². The van der Waals surface area contributed by atoms with Crippen molar-refractivity contribution in [3.8, 4) is 0 Å². The second-order valence-electron chi connectivity index (χ2n) is 8.49. The van der Waals surface area contributed by atoms with E-state index >= 15 is 0 Å². The third-order valence-corrected chi connectivity index (χ3v) is 7.99. The first kappa shape index (κ1) is 21.1. The number of carbonyl (C=O) groups excluding carboxylic acids is 2. The van der Waals surface area contributed by atoms with Gasteiger partial charge >= 0.3 is 173 Å². The van der Waals surface area contributed by atoms with E-state index in [9.17, 15) is 9.59 Å². The summed E-state index contributed by atoms with van der Waals surface area (Å²) in [6.45, 7) is 9.88. The van der Waals surface area contributed by atoms with Crippen LogP contribution in [0.4, 0.5) is 0 Å². The summed E-state index contributed by atoms with van der Waals surface area (Å²) in [4.78, 5) is 25.5. The van der Waals surface area contributed by atoms with E-state index in [0.29, 0.717) is 0 Å². The predicted molar refractivity (Wildman–Crippen MR) is 107 cm³/mol. The molecule has 5 nitrogen and oxygen atoms in total. The zero-order valence-electron chi connectivity index (χ0n) is 16.8. The van der Waals surface area contributed by atoms with E-state index < -0.39 is 17.8 Å². The van der Waals surface area contributed by atoms with Crippen LogP contribution in [0.25, 0.3) is 0 Å². The van der Waals surface area contributed by atoms with E-state index in [1.165, 1.54) is 11.6 Å². The first-order valence-electron chi connectivity index (χ1n) is 9.50. The molecule has 3 rings (SSSR count). The molecule has 1 saturated heterocycles. The van der Waals surface area contributed by atoms with Crippen LogP contribution in [0.2, 0.25) is 5.32 Å². The van der Waals surface area contributed by atoms with Gasteiger partial charge in [-0.25, -0.2) is 0 Å². The molecule has 1 spiro atoms. The van der Waals surface area contributed by atoms with Crippen LogP contribution in [-0.4, -0.2) is 45.9 Å². The minimum absolute atomic E-state index is 0.0728. The molecule has 0 bridgehead atoms.